The number of anilines is 1. The zero-order valence-electron chi connectivity index (χ0n) is 11.5. The number of nitrogens with zero attached hydrogens (tertiary/aromatic N) is 1. The van der Waals surface area contributed by atoms with Crippen molar-refractivity contribution in [2.75, 3.05) is 25.0 Å². The van der Waals surface area contributed by atoms with Crippen molar-refractivity contribution in [1.29, 1.82) is 0 Å². The fourth-order valence-electron chi connectivity index (χ4n) is 2.55. The molecule has 0 spiro atoms. The van der Waals surface area contributed by atoms with Crippen molar-refractivity contribution in [2.24, 2.45) is 0 Å². The van der Waals surface area contributed by atoms with Crippen LogP contribution in [0.25, 0.3) is 0 Å². The second-order valence-electron chi connectivity index (χ2n) is 5.45. The van der Waals surface area contributed by atoms with E-state index in [1.54, 1.807) is 0 Å². The lowest BCUT2D eigenvalue weighted by Crippen LogP contribution is -2.68. The Morgan fingerprint density at radius 1 is 1.42 bits per heavy atom. The van der Waals surface area contributed by atoms with Gasteiger partial charge in [-0.15, -0.1) is 0 Å². The van der Waals surface area contributed by atoms with Crippen LogP contribution in [0, 0.1) is 0 Å². The number of rotatable bonds is 3. The van der Waals surface area contributed by atoms with Crippen LogP contribution in [0.2, 0.25) is 0 Å². The predicted molar refractivity (Wildman–Crippen MR) is 81.4 cm³/mol. The van der Waals surface area contributed by atoms with Crippen LogP contribution in [0.5, 0.6) is 0 Å². The fourth-order valence-corrected chi connectivity index (χ4v) is 2.82. The largest absolute Gasteiger partial charge is 0.352 e. The van der Waals surface area contributed by atoms with Crippen LogP contribution in [0.15, 0.2) is 28.7 Å². The smallest absolute Gasteiger partial charge is 0.244 e. The summed E-state index contributed by atoms with van der Waals surface area (Å²) in [6, 6.07) is 7.93. The number of nitrogens with one attached hydrogen (secondary N) is 2. The van der Waals surface area contributed by atoms with E-state index in [9.17, 15) is 4.79 Å². The monoisotopic (exact) mass is 325 g/mol. The van der Waals surface area contributed by atoms with Crippen molar-refractivity contribution in [3.63, 3.8) is 0 Å². The van der Waals surface area contributed by atoms with Gasteiger partial charge in [0.1, 0.15) is 6.04 Å². The molecule has 0 radical (unpaired) electrons. The van der Waals surface area contributed by atoms with E-state index >= 15 is 0 Å². The molecule has 1 fully saturated rings. The number of carbonyl (C=O) groups excluding carboxylic acids is 1. The SMILES string of the molecule is CNCC1C(=O)NCC(C)(C)N1c1ccc(Br)cc1. The van der Waals surface area contributed by atoms with Gasteiger partial charge in [0, 0.05) is 23.2 Å². The fraction of sp³-hybridized carbons (Fsp3) is 0.500. The van der Waals surface area contributed by atoms with Gasteiger partial charge >= 0.3 is 0 Å². The van der Waals surface area contributed by atoms with Crippen molar-refractivity contribution in [3.05, 3.63) is 28.7 Å². The molecule has 0 bridgehead atoms. The van der Waals surface area contributed by atoms with Gasteiger partial charge in [-0.2, -0.15) is 0 Å². The summed E-state index contributed by atoms with van der Waals surface area (Å²) in [5, 5.41) is 6.09. The lowest BCUT2D eigenvalue weighted by molar-refractivity contribution is -0.124. The summed E-state index contributed by atoms with van der Waals surface area (Å²) in [7, 11) is 1.87. The lowest BCUT2D eigenvalue weighted by atomic mass is 9.94. The van der Waals surface area contributed by atoms with Crippen LogP contribution < -0.4 is 15.5 Å². The Morgan fingerprint density at radius 2 is 2.05 bits per heavy atom. The third kappa shape index (κ3) is 2.92. The summed E-state index contributed by atoms with van der Waals surface area (Å²) in [6.07, 6.45) is 0. The summed E-state index contributed by atoms with van der Waals surface area (Å²) >= 11 is 3.45. The van der Waals surface area contributed by atoms with Gasteiger partial charge in [0.15, 0.2) is 0 Å². The van der Waals surface area contributed by atoms with Crippen molar-refractivity contribution in [1.82, 2.24) is 10.6 Å². The van der Waals surface area contributed by atoms with Crippen LogP contribution in [-0.4, -0.2) is 37.6 Å². The molecule has 5 heteroatoms. The highest BCUT2D eigenvalue weighted by atomic mass is 79.9. The molecular formula is C14H20BrN3O. The van der Waals surface area contributed by atoms with E-state index in [2.05, 4.69) is 45.3 Å². The van der Waals surface area contributed by atoms with Gasteiger partial charge in [-0.05, 0) is 45.2 Å². The van der Waals surface area contributed by atoms with E-state index < -0.39 is 0 Å². The Bertz CT molecular complexity index is 458. The maximum Gasteiger partial charge on any atom is 0.244 e. The van der Waals surface area contributed by atoms with Gasteiger partial charge in [0.2, 0.25) is 5.91 Å². The zero-order valence-corrected chi connectivity index (χ0v) is 13.1. The Labute approximate surface area is 122 Å². The Kier molecular flexibility index (Phi) is 4.16. The molecule has 1 aromatic carbocycles. The molecule has 2 rings (SSSR count). The van der Waals surface area contributed by atoms with E-state index in [0.717, 1.165) is 10.2 Å². The number of piperazine rings is 1. The molecule has 1 heterocycles. The van der Waals surface area contributed by atoms with Crippen molar-refractivity contribution < 1.29 is 4.79 Å². The van der Waals surface area contributed by atoms with Gasteiger partial charge in [-0.25, -0.2) is 0 Å². The Balaban J connectivity index is 2.39. The predicted octanol–water partition coefficient (Wildman–Crippen LogP) is 1.75. The molecule has 1 aliphatic heterocycles. The number of amides is 1. The highest BCUT2D eigenvalue weighted by Crippen LogP contribution is 2.30. The summed E-state index contributed by atoms with van der Waals surface area (Å²) in [5.74, 6) is 0.0802. The van der Waals surface area contributed by atoms with Crippen LogP contribution >= 0.6 is 15.9 Å². The average molecular weight is 326 g/mol. The Hall–Kier alpha value is -1.07. The summed E-state index contributed by atoms with van der Waals surface area (Å²) in [5.41, 5.74) is 0.965. The summed E-state index contributed by atoms with van der Waals surface area (Å²) in [6.45, 7) is 5.59. The minimum absolute atomic E-state index is 0.0802. The molecule has 1 atom stereocenters. The number of hydrogen-bond acceptors (Lipinski definition) is 3. The van der Waals surface area contributed by atoms with Gasteiger partial charge < -0.3 is 15.5 Å². The van der Waals surface area contributed by atoms with Gasteiger partial charge in [-0.1, -0.05) is 15.9 Å². The quantitative estimate of drug-likeness (QED) is 0.890. The molecule has 19 heavy (non-hydrogen) atoms. The topological polar surface area (TPSA) is 44.4 Å². The molecule has 0 saturated carbocycles. The first kappa shape index (κ1) is 14.3. The van der Waals surface area contributed by atoms with E-state index in [0.29, 0.717) is 13.1 Å². The van der Waals surface area contributed by atoms with Crippen LogP contribution in [0.4, 0.5) is 5.69 Å². The maximum absolute atomic E-state index is 12.1. The van der Waals surface area contributed by atoms with E-state index in [1.165, 1.54) is 0 Å². The molecule has 1 aliphatic rings. The molecule has 0 aliphatic carbocycles. The Morgan fingerprint density at radius 3 is 2.63 bits per heavy atom. The van der Waals surface area contributed by atoms with Crippen molar-refractivity contribution in [2.45, 2.75) is 25.4 Å². The number of likely N-dealkylation sites (N-methyl/N-ethyl adjacent to an activating group) is 1. The molecule has 1 amide bonds. The van der Waals surface area contributed by atoms with E-state index in [-0.39, 0.29) is 17.5 Å². The summed E-state index contributed by atoms with van der Waals surface area (Å²) < 4.78 is 1.04. The molecule has 4 nitrogen and oxygen atoms in total. The second-order valence-corrected chi connectivity index (χ2v) is 6.37. The molecule has 1 saturated heterocycles. The normalized spacial score (nSPS) is 22.2. The van der Waals surface area contributed by atoms with Crippen LogP contribution in [0.1, 0.15) is 13.8 Å². The van der Waals surface area contributed by atoms with Gasteiger partial charge in [0.05, 0.1) is 5.54 Å². The minimum Gasteiger partial charge on any atom is -0.352 e. The van der Waals surface area contributed by atoms with E-state index in [4.69, 9.17) is 0 Å². The number of hydrogen-bond donors (Lipinski definition) is 2. The highest BCUT2D eigenvalue weighted by molar-refractivity contribution is 9.10. The highest BCUT2D eigenvalue weighted by Gasteiger charge is 2.40. The molecule has 0 aromatic heterocycles. The minimum atomic E-state index is -0.185. The molecular weight excluding hydrogens is 306 g/mol. The molecule has 1 unspecified atom stereocenters. The third-order valence-corrected chi connectivity index (χ3v) is 3.99. The third-order valence-electron chi connectivity index (χ3n) is 3.46. The number of halogens is 1. The molecule has 2 N–H and O–H groups in total. The first-order chi connectivity index (χ1) is 8.95. The first-order valence-electron chi connectivity index (χ1n) is 6.43. The standard InChI is InChI=1S/C14H20BrN3O/c1-14(2)9-17-13(19)12(8-16-3)18(14)11-6-4-10(15)5-7-11/h4-7,12,16H,8-9H2,1-3H3,(H,17,19). The summed E-state index contributed by atoms with van der Waals surface area (Å²) in [4.78, 5) is 14.3. The molecule has 104 valence electrons. The zero-order chi connectivity index (χ0) is 14.0. The van der Waals surface area contributed by atoms with Crippen LogP contribution in [-0.2, 0) is 4.79 Å². The van der Waals surface area contributed by atoms with Crippen molar-refractivity contribution in [3.8, 4) is 0 Å². The molecule has 1 aromatic rings. The van der Waals surface area contributed by atoms with Crippen molar-refractivity contribution >= 4 is 27.5 Å². The number of carbonyl (C=O) groups is 1. The number of benzene rings is 1. The first-order valence-corrected chi connectivity index (χ1v) is 7.22. The van der Waals surface area contributed by atoms with Crippen LogP contribution in [0.3, 0.4) is 0 Å². The lowest BCUT2D eigenvalue weighted by Gasteiger charge is -2.48. The van der Waals surface area contributed by atoms with Gasteiger partial charge in [0.25, 0.3) is 0 Å². The second kappa shape index (κ2) is 5.51. The van der Waals surface area contributed by atoms with Gasteiger partial charge in [-0.3, -0.25) is 4.79 Å². The maximum atomic E-state index is 12.1. The average Bonchev–Trinajstić information content (AvgIpc) is 2.36. The van der Waals surface area contributed by atoms with E-state index in [1.807, 2.05) is 31.3 Å².